The molecule has 2 fully saturated rings. The number of piperazine rings is 1. The van der Waals surface area contributed by atoms with Gasteiger partial charge in [-0.15, -0.1) is 0 Å². The van der Waals surface area contributed by atoms with Crippen molar-refractivity contribution < 1.29 is 4.79 Å². The van der Waals surface area contributed by atoms with Crippen molar-refractivity contribution in [3.05, 3.63) is 47.8 Å². The van der Waals surface area contributed by atoms with Gasteiger partial charge >= 0.3 is 0 Å². The molecule has 2 aliphatic rings. The Labute approximate surface area is 167 Å². The summed E-state index contributed by atoms with van der Waals surface area (Å²) in [6.07, 6.45) is 2.41. The molecule has 1 atom stereocenters. The monoisotopic (exact) mass is 379 g/mol. The van der Waals surface area contributed by atoms with E-state index in [1.165, 1.54) is 12.1 Å². The van der Waals surface area contributed by atoms with Gasteiger partial charge in [-0.3, -0.25) is 4.79 Å². The van der Waals surface area contributed by atoms with Crippen LogP contribution in [0.2, 0.25) is 0 Å². The molecule has 4 rings (SSSR count). The first-order valence-electron chi connectivity index (χ1n) is 10.3. The standard InChI is InChI=1S/C22H29N5O/c1-17-7-6-10-27(16-17)22-23-18(2)15-20(24-22)21(28)26-13-11-25(12-14-26)19-8-4-3-5-9-19/h3-5,8-9,15,17H,6-7,10-14,16H2,1-2H3. The Kier molecular flexibility index (Phi) is 5.46. The molecule has 28 heavy (non-hydrogen) atoms. The Morgan fingerprint density at radius 1 is 1.00 bits per heavy atom. The van der Waals surface area contributed by atoms with Gasteiger partial charge in [0.1, 0.15) is 5.69 Å². The lowest BCUT2D eigenvalue weighted by molar-refractivity contribution is 0.0740. The summed E-state index contributed by atoms with van der Waals surface area (Å²) in [5.74, 6) is 1.37. The summed E-state index contributed by atoms with van der Waals surface area (Å²) in [5.41, 5.74) is 2.59. The van der Waals surface area contributed by atoms with Crippen LogP contribution in [0.3, 0.4) is 0 Å². The third kappa shape index (κ3) is 4.11. The highest BCUT2D eigenvalue weighted by Crippen LogP contribution is 2.21. The number of benzene rings is 1. The number of carbonyl (C=O) groups is 1. The van der Waals surface area contributed by atoms with E-state index in [4.69, 9.17) is 0 Å². The topological polar surface area (TPSA) is 52.6 Å². The Hall–Kier alpha value is -2.63. The van der Waals surface area contributed by atoms with Gasteiger partial charge in [0.15, 0.2) is 0 Å². The van der Waals surface area contributed by atoms with E-state index in [0.29, 0.717) is 30.6 Å². The lowest BCUT2D eigenvalue weighted by Gasteiger charge is -2.36. The molecule has 0 spiro atoms. The minimum absolute atomic E-state index is 0.0181. The number of piperidine rings is 1. The summed E-state index contributed by atoms with van der Waals surface area (Å²) in [5, 5.41) is 0. The van der Waals surface area contributed by atoms with Crippen molar-refractivity contribution in [3.8, 4) is 0 Å². The maximum absolute atomic E-state index is 13.1. The molecule has 0 saturated carbocycles. The second-order valence-electron chi connectivity index (χ2n) is 8.00. The number of aromatic nitrogens is 2. The fourth-order valence-corrected chi connectivity index (χ4v) is 4.14. The number of rotatable bonds is 3. The summed E-state index contributed by atoms with van der Waals surface area (Å²) in [6.45, 7) is 9.26. The predicted molar refractivity (Wildman–Crippen MR) is 112 cm³/mol. The Bertz CT molecular complexity index is 817. The Morgan fingerprint density at radius 2 is 1.75 bits per heavy atom. The molecule has 0 bridgehead atoms. The van der Waals surface area contributed by atoms with Gasteiger partial charge in [0.05, 0.1) is 0 Å². The van der Waals surface area contributed by atoms with Crippen LogP contribution in [-0.4, -0.2) is 60.0 Å². The maximum atomic E-state index is 13.1. The van der Waals surface area contributed by atoms with Gasteiger partial charge < -0.3 is 14.7 Å². The van der Waals surface area contributed by atoms with E-state index in [1.54, 1.807) is 0 Å². The van der Waals surface area contributed by atoms with Crippen LogP contribution in [0.5, 0.6) is 0 Å². The van der Waals surface area contributed by atoms with Crippen molar-refractivity contribution in [3.63, 3.8) is 0 Å². The number of carbonyl (C=O) groups excluding carboxylic acids is 1. The van der Waals surface area contributed by atoms with E-state index in [9.17, 15) is 4.79 Å². The number of aryl methyl sites for hydroxylation is 1. The molecule has 6 heteroatoms. The molecule has 1 aromatic carbocycles. The number of hydrogen-bond donors (Lipinski definition) is 0. The number of para-hydroxylation sites is 1. The Balaban J connectivity index is 1.45. The molecule has 0 aliphatic carbocycles. The first kappa shape index (κ1) is 18.7. The fraction of sp³-hybridized carbons (Fsp3) is 0.500. The van der Waals surface area contributed by atoms with E-state index in [-0.39, 0.29) is 5.91 Å². The molecule has 2 aliphatic heterocycles. The normalized spacial score (nSPS) is 20.4. The minimum Gasteiger partial charge on any atom is -0.368 e. The van der Waals surface area contributed by atoms with Gasteiger partial charge in [-0.1, -0.05) is 25.1 Å². The summed E-state index contributed by atoms with van der Waals surface area (Å²) in [6, 6.07) is 12.2. The van der Waals surface area contributed by atoms with Crippen LogP contribution >= 0.6 is 0 Å². The van der Waals surface area contributed by atoms with Crippen molar-refractivity contribution in [1.82, 2.24) is 14.9 Å². The van der Waals surface area contributed by atoms with E-state index in [0.717, 1.165) is 38.3 Å². The van der Waals surface area contributed by atoms with Crippen LogP contribution in [0.15, 0.2) is 36.4 Å². The predicted octanol–water partition coefficient (Wildman–Crippen LogP) is 2.98. The van der Waals surface area contributed by atoms with Gasteiger partial charge in [0, 0.05) is 50.6 Å². The van der Waals surface area contributed by atoms with Crippen molar-refractivity contribution in [2.45, 2.75) is 26.7 Å². The van der Waals surface area contributed by atoms with E-state index in [1.807, 2.05) is 24.0 Å². The molecule has 3 heterocycles. The largest absolute Gasteiger partial charge is 0.368 e. The molecular formula is C22H29N5O. The molecule has 1 amide bonds. The molecule has 6 nitrogen and oxygen atoms in total. The van der Waals surface area contributed by atoms with Crippen LogP contribution in [-0.2, 0) is 0 Å². The first-order chi connectivity index (χ1) is 13.6. The molecule has 1 aromatic heterocycles. The lowest BCUT2D eigenvalue weighted by Crippen LogP contribution is -2.49. The molecule has 2 aromatic rings. The summed E-state index contributed by atoms with van der Waals surface area (Å²) >= 11 is 0. The quantitative estimate of drug-likeness (QED) is 0.821. The first-order valence-corrected chi connectivity index (χ1v) is 10.3. The van der Waals surface area contributed by atoms with Crippen LogP contribution in [0, 0.1) is 12.8 Å². The second kappa shape index (κ2) is 8.17. The average molecular weight is 380 g/mol. The van der Waals surface area contributed by atoms with E-state index in [2.05, 4.69) is 51.0 Å². The molecule has 148 valence electrons. The van der Waals surface area contributed by atoms with Crippen molar-refractivity contribution >= 4 is 17.5 Å². The van der Waals surface area contributed by atoms with E-state index < -0.39 is 0 Å². The van der Waals surface area contributed by atoms with Crippen LogP contribution in [0.25, 0.3) is 0 Å². The second-order valence-corrected chi connectivity index (χ2v) is 8.00. The smallest absolute Gasteiger partial charge is 0.272 e. The summed E-state index contributed by atoms with van der Waals surface area (Å²) in [4.78, 5) is 28.8. The number of nitrogens with zero attached hydrogens (tertiary/aromatic N) is 5. The van der Waals surface area contributed by atoms with Gasteiger partial charge in [0.2, 0.25) is 5.95 Å². The number of anilines is 2. The highest BCUT2D eigenvalue weighted by atomic mass is 16.2. The lowest BCUT2D eigenvalue weighted by atomic mass is 10.0. The van der Waals surface area contributed by atoms with Gasteiger partial charge in [-0.25, -0.2) is 9.97 Å². The third-order valence-corrected chi connectivity index (χ3v) is 5.69. The maximum Gasteiger partial charge on any atom is 0.272 e. The zero-order valence-electron chi connectivity index (χ0n) is 16.8. The van der Waals surface area contributed by atoms with Gasteiger partial charge in [-0.05, 0) is 43.9 Å². The number of hydrogen-bond acceptors (Lipinski definition) is 5. The number of amides is 1. The van der Waals surface area contributed by atoms with Crippen LogP contribution in [0.1, 0.15) is 35.9 Å². The highest BCUT2D eigenvalue weighted by molar-refractivity contribution is 5.93. The molecule has 0 N–H and O–H groups in total. The average Bonchev–Trinajstić information content (AvgIpc) is 2.73. The minimum atomic E-state index is 0.0181. The van der Waals surface area contributed by atoms with Gasteiger partial charge in [0.25, 0.3) is 5.91 Å². The van der Waals surface area contributed by atoms with Gasteiger partial charge in [-0.2, -0.15) is 0 Å². The zero-order chi connectivity index (χ0) is 19.5. The Morgan fingerprint density at radius 3 is 2.46 bits per heavy atom. The third-order valence-electron chi connectivity index (χ3n) is 5.69. The zero-order valence-corrected chi connectivity index (χ0v) is 16.8. The molecule has 2 saturated heterocycles. The molecule has 1 unspecified atom stereocenters. The van der Waals surface area contributed by atoms with Crippen molar-refractivity contribution in [2.24, 2.45) is 5.92 Å². The van der Waals surface area contributed by atoms with Crippen molar-refractivity contribution in [2.75, 3.05) is 49.1 Å². The molecular weight excluding hydrogens is 350 g/mol. The molecule has 0 radical (unpaired) electrons. The highest BCUT2D eigenvalue weighted by Gasteiger charge is 2.25. The van der Waals surface area contributed by atoms with E-state index >= 15 is 0 Å². The van der Waals surface area contributed by atoms with Crippen LogP contribution in [0.4, 0.5) is 11.6 Å². The fourth-order valence-electron chi connectivity index (χ4n) is 4.14. The summed E-state index contributed by atoms with van der Waals surface area (Å²) < 4.78 is 0. The van der Waals surface area contributed by atoms with Crippen LogP contribution < -0.4 is 9.80 Å². The van der Waals surface area contributed by atoms with Crippen molar-refractivity contribution in [1.29, 1.82) is 0 Å². The SMILES string of the molecule is Cc1cc(C(=O)N2CCN(c3ccccc3)CC2)nc(N2CCCC(C)C2)n1. The summed E-state index contributed by atoms with van der Waals surface area (Å²) in [7, 11) is 0.